The summed E-state index contributed by atoms with van der Waals surface area (Å²) in [5, 5.41) is 19.6. The summed E-state index contributed by atoms with van der Waals surface area (Å²) in [4.78, 5) is 35.3. The second-order valence-electron chi connectivity index (χ2n) is 7.51. The van der Waals surface area contributed by atoms with Gasteiger partial charge in [-0.2, -0.15) is 13.2 Å². The van der Waals surface area contributed by atoms with Gasteiger partial charge in [0, 0.05) is 24.3 Å². The lowest BCUT2D eigenvalue weighted by Crippen LogP contribution is -2.26. The SMILES string of the molecule is Cc1ccccc1C(=O)Nc1ccc(N2CCCCCC2)c(C(=O)O)c1.O=C(O)C(F)(F)F. The fraction of sp³-hybridized carbons (Fsp3) is 0.348. The van der Waals surface area contributed by atoms with Crippen LogP contribution in [-0.4, -0.2) is 47.3 Å². The van der Waals surface area contributed by atoms with E-state index in [1.807, 2.05) is 31.2 Å². The molecule has 0 aliphatic carbocycles. The second kappa shape index (κ2) is 11.3. The van der Waals surface area contributed by atoms with Gasteiger partial charge in [0.05, 0.1) is 11.3 Å². The number of anilines is 2. The highest BCUT2D eigenvalue weighted by Crippen LogP contribution is 2.27. The maximum absolute atomic E-state index is 12.5. The molecule has 3 N–H and O–H groups in total. The molecule has 1 aliphatic heterocycles. The molecule has 3 rings (SSSR count). The molecule has 0 bridgehead atoms. The highest BCUT2D eigenvalue weighted by Gasteiger charge is 2.38. The first-order valence-corrected chi connectivity index (χ1v) is 10.3. The maximum atomic E-state index is 12.5. The summed E-state index contributed by atoms with van der Waals surface area (Å²) in [5.74, 6) is -3.97. The highest BCUT2D eigenvalue weighted by atomic mass is 19.4. The molecule has 2 aromatic rings. The molecule has 0 unspecified atom stereocenters. The highest BCUT2D eigenvalue weighted by molar-refractivity contribution is 6.06. The summed E-state index contributed by atoms with van der Waals surface area (Å²) >= 11 is 0. The first kappa shape index (κ1) is 25.7. The first-order valence-electron chi connectivity index (χ1n) is 10.3. The summed E-state index contributed by atoms with van der Waals surface area (Å²) < 4.78 is 31.7. The van der Waals surface area contributed by atoms with Crippen LogP contribution in [0.1, 0.15) is 52.0 Å². The summed E-state index contributed by atoms with van der Waals surface area (Å²) in [6, 6.07) is 12.5. The molecule has 7 nitrogen and oxygen atoms in total. The topological polar surface area (TPSA) is 107 Å². The molecule has 1 aliphatic rings. The molecule has 1 amide bonds. The van der Waals surface area contributed by atoms with Gasteiger partial charge in [-0.1, -0.05) is 31.0 Å². The Kier molecular flexibility index (Phi) is 8.84. The molecule has 1 heterocycles. The smallest absolute Gasteiger partial charge is 0.478 e. The summed E-state index contributed by atoms with van der Waals surface area (Å²) in [6.07, 6.45) is -0.567. The number of carboxylic acid groups (broad SMARTS) is 2. The number of amides is 1. The van der Waals surface area contributed by atoms with Crippen LogP contribution in [0.5, 0.6) is 0 Å². The second-order valence-corrected chi connectivity index (χ2v) is 7.51. The van der Waals surface area contributed by atoms with E-state index < -0.39 is 18.1 Å². The fourth-order valence-electron chi connectivity index (χ4n) is 3.40. The minimum atomic E-state index is -5.08. The van der Waals surface area contributed by atoms with E-state index in [1.165, 1.54) is 12.8 Å². The normalized spacial score (nSPS) is 13.9. The number of rotatable bonds is 4. The zero-order chi connectivity index (χ0) is 24.6. The number of carbonyl (C=O) groups excluding carboxylic acids is 1. The Labute approximate surface area is 188 Å². The van der Waals surface area contributed by atoms with Gasteiger partial charge in [0.25, 0.3) is 5.91 Å². The van der Waals surface area contributed by atoms with Gasteiger partial charge in [0.1, 0.15) is 0 Å². The molecular weight excluding hydrogens is 441 g/mol. The first-order chi connectivity index (χ1) is 15.5. The quantitative estimate of drug-likeness (QED) is 0.588. The van der Waals surface area contributed by atoms with Crippen LogP contribution in [0, 0.1) is 6.92 Å². The minimum Gasteiger partial charge on any atom is -0.478 e. The van der Waals surface area contributed by atoms with Crippen molar-refractivity contribution in [2.45, 2.75) is 38.8 Å². The summed E-state index contributed by atoms with van der Waals surface area (Å²) in [7, 11) is 0. The number of aromatic carboxylic acids is 1. The Bertz CT molecular complexity index is 1000. The average molecular weight is 466 g/mol. The molecule has 0 spiro atoms. The molecular formula is C23H25F3N2O5. The number of halogens is 3. The van der Waals surface area contributed by atoms with E-state index in [0.29, 0.717) is 11.3 Å². The number of alkyl halides is 3. The van der Waals surface area contributed by atoms with Crippen LogP contribution in [0.25, 0.3) is 0 Å². The van der Waals surface area contributed by atoms with Crippen molar-refractivity contribution < 1.29 is 37.8 Å². The van der Waals surface area contributed by atoms with Crippen molar-refractivity contribution >= 4 is 29.2 Å². The van der Waals surface area contributed by atoms with Crippen molar-refractivity contribution in [2.75, 3.05) is 23.3 Å². The van der Waals surface area contributed by atoms with Crippen molar-refractivity contribution in [3.8, 4) is 0 Å². The van der Waals surface area contributed by atoms with Crippen LogP contribution >= 0.6 is 0 Å². The molecule has 1 fully saturated rings. The van der Waals surface area contributed by atoms with E-state index in [9.17, 15) is 27.9 Å². The van der Waals surface area contributed by atoms with Gasteiger partial charge in [0.2, 0.25) is 0 Å². The molecule has 0 atom stereocenters. The largest absolute Gasteiger partial charge is 0.490 e. The van der Waals surface area contributed by atoms with Crippen molar-refractivity contribution in [3.05, 3.63) is 59.2 Å². The predicted octanol–water partition coefficient (Wildman–Crippen LogP) is 4.96. The maximum Gasteiger partial charge on any atom is 0.490 e. The Morgan fingerprint density at radius 1 is 0.909 bits per heavy atom. The summed E-state index contributed by atoms with van der Waals surface area (Å²) in [5.41, 5.74) is 2.92. The fourth-order valence-corrected chi connectivity index (χ4v) is 3.40. The van der Waals surface area contributed by atoms with Gasteiger partial charge in [-0.15, -0.1) is 0 Å². The van der Waals surface area contributed by atoms with Crippen molar-refractivity contribution in [1.29, 1.82) is 0 Å². The van der Waals surface area contributed by atoms with Crippen LogP contribution in [-0.2, 0) is 4.79 Å². The van der Waals surface area contributed by atoms with Crippen molar-refractivity contribution in [1.82, 2.24) is 0 Å². The summed E-state index contributed by atoms with van der Waals surface area (Å²) in [6.45, 7) is 3.62. The number of nitrogens with one attached hydrogen (secondary N) is 1. The van der Waals surface area contributed by atoms with Crippen molar-refractivity contribution in [2.24, 2.45) is 0 Å². The van der Waals surface area contributed by atoms with Gasteiger partial charge >= 0.3 is 18.1 Å². The molecule has 0 saturated carbocycles. The van der Waals surface area contributed by atoms with Crippen LogP contribution in [0.15, 0.2) is 42.5 Å². The van der Waals surface area contributed by atoms with E-state index in [4.69, 9.17) is 9.90 Å². The monoisotopic (exact) mass is 466 g/mol. The lowest BCUT2D eigenvalue weighted by Gasteiger charge is -2.24. The van der Waals surface area contributed by atoms with E-state index in [-0.39, 0.29) is 11.5 Å². The molecule has 10 heteroatoms. The molecule has 1 saturated heterocycles. The minimum absolute atomic E-state index is 0.231. The number of benzene rings is 2. The number of aliphatic carboxylic acids is 1. The van der Waals surface area contributed by atoms with E-state index in [2.05, 4.69) is 10.2 Å². The number of hydrogen-bond donors (Lipinski definition) is 3. The Hall–Kier alpha value is -3.56. The van der Waals surface area contributed by atoms with Crippen molar-refractivity contribution in [3.63, 3.8) is 0 Å². The zero-order valence-corrected chi connectivity index (χ0v) is 18.0. The molecule has 0 aromatic heterocycles. The lowest BCUT2D eigenvalue weighted by atomic mass is 10.1. The third-order valence-electron chi connectivity index (χ3n) is 5.06. The Balaban J connectivity index is 0.000000479. The number of hydrogen-bond acceptors (Lipinski definition) is 4. The van der Waals surface area contributed by atoms with Gasteiger partial charge in [-0.25, -0.2) is 9.59 Å². The Morgan fingerprint density at radius 2 is 1.48 bits per heavy atom. The van der Waals surface area contributed by atoms with Gasteiger partial charge < -0.3 is 20.4 Å². The van der Waals surface area contributed by atoms with Gasteiger partial charge in [0.15, 0.2) is 0 Å². The number of carbonyl (C=O) groups is 3. The molecule has 33 heavy (non-hydrogen) atoms. The van der Waals surface area contributed by atoms with Crippen LogP contribution in [0.4, 0.5) is 24.5 Å². The third-order valence-corrected chi connectivity index (χ3v) is 5.06. The average Bonchev–Trinajstić information content (AvgIpc) is 3.03. The number of nitrogens with zero attached hydrogens (tertiary/aromatic N) is 1. The number of carboxylic acids is 2. The van der Waals surface area contributed by atoms with Gasteiger partial charge in [-0.05, 0) is 49.6 Å². The lowest BCUT2D eigenvalue weighted by molar-refractivity contribution is -0.192. The zero-order valence-electron chi connectivity index (χ0n) is 18.0. The predicted molar refractivity (Wildman–Crippen MR) is 117 cm³/mol. The number of aryl methyl sites for hydroxylation is 1. The third kappa shape index (κ3) is 7.51. The Morgan fingerprint density at radius 3 is 2.00 bits per heavy atom. The van der Waals surface area contributed by atoms with Crippen LogP contribution < -0.4 is 10.2 Å². The molecule has 2 aromatic carbocycles. The molecule has 0 radical (unpaired) electrons. The standard InChI is InChI=1S/C21H24N2O3.C2HF3O2/c1-15-8-4-5-9-17(15)20(24)22-16-10-11-19(18(14-16)21(25)26)23-12-6-2-3-7-13-23;3-2(4,5)1(6)7/h4-5,8-11,14H,2-3,6-7,12-13H2,1H3,(H,22,24)(H,25,26);(H,6,7). The van der Waals surface area contributed by atoms with Crippen LogP contribution in [0.3, 0.4) is 0 Å². The van der Waals surface area contributed by atoms with Crippen LogP contribution in [0.2, 0.25) is 0 Å². The van der Waals surface area contributed by atoms with Gasteiger partial charge in [-0.3, -0.25) is 4.79 Å². The van der Waals surface area contributed by atoms with E-state index >= 15 is 0 Å². The molecule has 178 valence electrons. The van der Waals surface area contributed by atoms with E-state index in [0.717, 1.165) is 37.2 Å². The van der Waals surface area contributed by atoms with E-state index in [1.54, 1.807) is 18.2 Å².